The number of hydrogen-bond donors (Lipinski definition) is 1. The van der Waals surface area contributed by atoms with E-state index in [2.05, 4.69) is 9.62 Å². The van der Waals surface area contributed by atoms with Crippen LogP contribution in [0.1, 0.15) is 19.3 Å². The van der Waals surface area contributed by atoms with Crippen molar-refractivity contribution in [2.24, 2.45) is 0 Å². The van der Waals surface area contributed by atoms with Crippen LogP contribution in [0.2, 0.25) is 0 Å². The van der Waals surface area contributed by atoms with Crippen LogP contribution in [0.4, 0.5) is 11.4 Å². The summed E-state index contributed by atoms with van der Waals surface area (Å²) in [7, 11) is -7.15. The first kappa shape index (κ1) is 18.7. The Kier molecular flexibility index (Phi) is 5.24. The lowest BCUT2D eigenvalue weighted by atomic mass is 10.1. The molecular weight excluding hydrogens is 372 g/mol. The Bertz CT molecular complexity index is 978. The van der Waals surface area contributed by atoms with Gasteiger partial charge in [-0.05, 0) is 61.7 Å². The first-order valence-electron chi connectivity index (χ1n) is 8.44. The summed E-state index contributed by atoms with van der Waals surface area (Å²) in [5.74, 6) is 0. The van der Waals surface area contributed by atoms with Crippen molar-refractivity contribution < 1.29 is 16.8 Å². The van der Waals surface area contributed by atoms with Crippen molar-refractivity contribution in [3.05, 3.63) is 48.5 Å². The van der Waals surface area contributed by atoms with Crippen molar-refractivity contribution in [2.45, 2.75) is 29.1 Å². The van der Waals surface area contributed by atoms with E-state index in [4.69, 9.17) is 0 Å². The summed E-state index contributed by atoms with van der Waals surface area (Å²) in [5, 5.41) is 0. The average Bonchev–Trinajstić information content (AvgIpc) is 2.62. The van der Waals surface area contributed by atoms with Crippen LogP contribution in [0.25, 0.3) is 0 Å². The van der Waals surface area contributed by atoms with Gasteiger partial charge in [0.25, 0.3) is 10.0 Å². The van der Waals surface area contributed by atoms with Crippen molar-refractivity contribution in [1.82, 2.24) is 0 Å². The Hall–Kier alpha value is -2.06. The lowest BCUT2D eigenvalue weighted by Gasteiger charge is -2.29. The van der Waals surface area contributed by atoms with E-state index in [1.54, 1.807) is 6.07 Å². The highest BCUT2D eigenvalue weighted by atomic mass is 32.2. The van der Waals surface area contributed by atoms with Crippen LogP contribution in [0, 0.1) is 0 Å². The average molecular weight is 395 g/mol. The normalized spacial score (nSPS) is 15.7. The molecule has 8 heteroatoms. The molecule has 26 heavy (non-hydrogen) atoms. The van der Waals surface area contributed by atoms with Crippen LogP contribution < -0.4 is 9.62 Å². The number of anilines is 2. The van der Waals surface area contributed by atoms with Crippen LogP contribution >= 0.6 is 0 Å². The number of nitrogens with zero attached hydrogens (tertiary/aromatic N) is 1. The highest BCUT2D eigenvalue weighted by Gasteiger charge is 2.17. The third-order valence-electron chi connectivity index (χ3n) is 4.38. The Balaban J connectivity index is 1.81. The molecule has 1 saturated heterocycles. The predicted molar refractivity (Wildman–Crippen MR) is 103 cm³/mol. The van der Waals surface area contributed by atoms with Gasteiger partial charge in [-0.3, -0.25) is 4.72 Å². The molecule has 0 radical (unpaired) electrons. The molecule has 140 valence electrons. The number of rotatable bonds is 5. The Morgan fingerprint density at radius 3 is 2.08 bits per heavy atom. The van der Waals surface area contributed by atoms with Crippen LogP contribution in [0.15, 0.2) is 58.3 Å². The zero-order valence-electron chi connectivity index (χ0n) is 14.6. The van der Waals surface area contributed by atoms with E-state index in [0.29, 0.717) is 5.69 Å². The molecule has 0 atom stereocenters. The van der Waals surface area contributed by atoms with Gasteiger partial charge < -0.3 is 4.90 Å². The van der Waals surface area contributed by atoms with Crippen LogP contribution in [-0.2, 0) is 19.9 Å². The van der Waals surface area contributed by atoms with Gasteiger partial charge in [0.15, 0.2) is 9.84 Å². The van der Waals surface area contributed by atoms with Crippen LogP contribution in [-0.4, -0.2) is 36.2 Å². The molecule has 0 saturated carbocycles. The van der Waals surface area contributed by atoms with E-state index in [-0.39, 0.29) is 9.79 Å². The second-order valence-corrected chi connectivity index (χ2v) is 10.1. The topological polar surface area (TPSA) is 83.5 Å². The molecule has 0 aromatic heterocycles. The third kappa shape index (κ3) is 4.37. The molecule has 2 aromatic rings. The predicted octanol–water partition coefficient (Wildman–Crippen LogP) is 2.88. The quantitative estimate of drug-likeness (QED) is 0.843. The van der Waals surface area contributed by atoms with E-state index in [1.807, 2.05) is 18.2 Å². The van der Waals surface area contributed by atoms with E-state index < -0.39 is 19.9 Å². The molecule has 6 nitrogen and oxygen atoms in total. The van der Waals surface area contributed by atoms with Gasteiger partial charge in [0, 0.05) is 25.0 Å². The fraction of sp³-hybridized carbons (Fsp3) is 0.333. The van der Waals surface area contributed by atoms with Crippen LogP contribution in [0.5, 0.6) is 0 Å². The summed E-state index contributed by atoms with van der Waals surface area (Å²) in [6.07, 6.45) is 4.60. The lowest BCUT2D eigenvalue weighted by Crippen LogP contribution is -2.29. The summed E-state index contributed by atoms with van der Waals surface area (Å²) in [5.41, 5.74) is 1.48. The highest BCUT2D eigenvalue weighted by Crippen LogP contribution is 2.25. The van der Waals surface area contributed by atoms with Gasteiger partial charge in [-0.25, -0.2) is 16.8 Å². The first-order valence-corrected chi connectivity index (χ1v) is 11.8. The van der Waals surface area contributed by atoms with Crippen molar-refractivity contribution >= 4 is 31.2 Å². The number of hydrogen-bond acceptors (Lipinski definition) is 5. The van der Waals surface area contributed by atoms with E-state index >= 15 is 0 Å². The fourth-order valence-corrected chi connectivity index (χ4v) is 4.68. The minimum atomic E-state index is -3.79. The summed E-state index contributed by atoms with van der Waals surface area (Å²) in [6, 6.07) is 12.5. The molecule has 0 aliphatic carbocycles. The molecule has 1 aliphatic rings. The Morgan fingerprint density at radius 1 is 0.846 bits per heavy atom. The Morgan fingerprint density at radius 2 is 1.46 bits per heavy atom. The molecule has 2 aromatic carbocycles. The maximum atomic E-state index is 12.6. The summed E-state index contributed by atoms with van der Waals surface area (Å²) < 4.78 is 50.7. The minimum absolute atomic E-state index is 0.0216. The molecule has 0 spiro atoms. The van der Waals surface area contributed by atoms with Gasteiger partial charge in [-0.1, -0.05) is 6.07 Å². The van der Waals surface area contributed by atoms with Gasteiger partial charge in [0.2, 0.25) is 0 Å². The van der Waals surface area contributed by atoms with E-state index in [9.17, 15) is 16.8 Å². The summed E-state index contributed by atoms with van der Waals surface area (Å²) >= 11 is 0. The van der Waals surface area contributed by atoms with E-state index in [1.165, 1.54) is 30.7 Å². The number of benzene rings is 2. The van der Waals surface area contributed by atoms with Crippen molar-refractivity contribution in [2.75, 3.05) is 29.0 Å². The van der Waals surface area contributed by atoms with Crippen molar-refractivity contribution in [3.63, 3.8) is 0 Å². The first-order chi connectivity index (χ1) is 12.3. The highest BCUT2D eigenvalue weighted by molar-refractivity contribution is 7.92. The second-order valence-electron chi connectivity index (χ2n) is 6.45. The molecular formula is C18H22N2O4S2. The van der Waals surface area contributed by atoms with Crippen molar-refractivity contribution in [1.29, 1.82) is 0 Å². The fourth-order valence-electron chi connectivity index (χ4n) is 3.00. The summed E-state index contributed by atoms with van der Waals surface area (Å²) in [4.78, 5) is 2.36. The van der Waals surface area contributed by atoms with Gasteiger partial charge >= 0.3 is 0 Å². The monoisotopic (exact) mass is 394 g/mol. The molecule has 0 bridgehead atoms. The van der Waals surface area contributed by atoms with Crippen LogP contribution in [0.3, 0.4) is 0 Å². The van der Waals surface area contributed by atoms with E-state index in [0.717, 1.165) is 37.9 Å². The largest absolute Gasteiger partial charge is 0.371 e. The third-order valence-corrected chi connectivity index (χ3v) is 6.91. The molecule has 1 aliphatic heterocycles. The zero-order chi connectivity index (χ0) is 18.8. The molecule has 1 heterocycles. The molecule has 3 rings (SSSR count). The molecule has 1 N–H and O–H groups in total. The van der Waals surface area contributed by atoms with Crippen molar-refractivity contribution in [3.8, 4) is 0 Å². The van der Waals surface area contributed by atoms with Gasteiger partial charge in [0.05, 0.1) is 15.5 Å². The Labute approximate surface area is 154 Å². The SMILES string of the molecule is CS(=O)(=O)c1ccc(S(=O)(=O)Nc2cccc(N3CCCCC3)c2)cc1. The number of piperidine rings is 1. The van der Waals surface area contributed by atoms with Gasteiger partial charge in [0.1, 0.15) is 0 Å². The standard InChI is InChI=1S/C18H22N2O4S2/c1-25(21,22)17-8-10-18(11-9-17)26(23,24)19-15-6-5-7-16(14-15)20-12-3-2-4-13-20/h5-11,14,19H,2-4,12-13H2,1H3. The second kappa shape index (κ2) is 7.28. The molecule has 1 fully saturated rings. The summed E-state index contributed by atoms with van der Waals surface area (Å²) in [6.45, 7) is 1.95. The molecule has 0 unspecified atom stereocenters. The maximum absolute atomic E-state index is 12.6. The lowest BCUT2D eigenvalue weighted by molar-refractivity contribution is 0.578. The number of nitrogens with one attached hydrogen (secondary N) is 1. The number of sulfonamides is 1. The minimum Gasteiger partial charge on any atom is -0.371 e. The molecule has 0 amide bonds. The van der Waals surface area contributed by atoms with Gasteiger partial charge in [-0.15, -0.1) is 0 Å². The van der Waals surface area contributed by atoms with Gasteiger partial charge in [-0.2, -0.15) is 0 Å². The smallest absolute Gasteiger partial charge is 0.261 e. The maximum Gasteiger partial charge on any atom is 0.261 e. The number of sulfone groups is 1. The zero-order valence-corrected chi connectivity index (χ0v) is 16.2.